The topological polar surface area (TPSA) is 92.9 Å². The summed E-state index contributed by atoms with van der Waals surface area (Å²) in [5.74, 6) is -1.46. The van der Waals surface area contributed by atoms with Gasteiger partial charge in [-0.2, -0.15) is 0 Å². The zero-order chi connectivity index (χ0) is 15.4. The molecule has 1 aromatic rings. The first-order valence-corrected chi connectivity index (χ1v) is 6.98. The maximum absolute atomic E-state index is 12.3. The first-order valence-electron chi connectivity index (χ1n) is 6.60. The van der Waals surface area contributed by atoms with Gasteiger partial charge in [0.15, 0.2) is 6.04 Å². The molecule has 1 fully saturated rings. The van der Waals surface area contributed by atoms with E-state index in [0.29, 0.717) is 18.1 Å². The van der Waals surface area contributed by atoms with Crippen molar-refractivity contribution in [2.24, 2.45) is 5.73 Å². The van der Waals surface area contributed by atoms with Crippen LogP contribution in [0.1, 0.15) is 5.56 Å². The molecule has 21 heavy (non-hydrogen) atoms. The second-order valence-electron chi connectivity index (χ2n) is 4.90. The molecule has 3 N–H and O–H groups in total. The van der Waals surface area contributed by atoms with Crippen molar-refractivity contribution in [3.63, 3.8) is 0 Å². The van der Waals surface area contributed by atoms with E-state index in [1.54, 1.807) is 24.3 Å². The van der Waals surface area contributed by atoms with Gasteiger partial charge in [0.05, 0.1) is 19.3 Å². The van der Waals surface area contributed by atoms with E-state index in [9.17, 15) is 9.59 Å². The summed E-state index contributed by atoms with van der Waals surface area (Å²) in [7, 11) is 0. The standard InChI is InChI=1S/C14H17ClN2O4/c15-10-3-1-9(2-4-10)7-11(16)13(18)17-5-6-21-8-12(17)14(19)20/h1-4,11-12H,5-8,16H2,(H,19,20)/t11?,12-/m0/s1. The van der Waals surface area contributed by atoms with Crippen LogP contribution < -0.4 is 5.73 Å². The number of amides is 1. The second-order valence-corrected chi connectivity index (χ2v) is 5.33. The molecule has 0 aromatic heterocycles. The highest BCUT2D eigenvalue weighted by Crippen LogP contribution is 2.13. The van der Waals surface area contributed by atoms with Gasteiger partial charge in [-0.1, -0.05) is 23.7 Å². The molecule has 2 atom stereocenters. The van der Waals surface area contributed by atoms with Crippen LogP contribution >= 0.6 is 11.6 Å². The average Bonchev–Trinajstić information content (AvgIpc) is 2.48. The minimum atomic E-state index is -1.08. The smallest absolute Gasteiger partial charge is 0.328 e. The number of nitrogens with two attached hydrogens (primary N) is 1. The summed E-state index contributed by atoms with van der Waals surface area (Å²) in [5.41, 5.74) is 6.80. The number of halogens is 1. The Morgan fingerprint density at radius 1 is 1.43 bits per heavy atom. The van der Waals surface area contributed by atoms with Crippen molar-refractivity contribution in [3.8, 4) is 0 Å². The molecule has 6 nitrogen and oxygen atoms in total. The molecule has 114 valence electrons. The van der Waals surface area contributed by atoms with Crippen molar-refractivity contribution in [2.45, 2.75) is 18.5 Å². The van der Waals surface area contributed by atoms with Crippen molar-refractivity contribution in [1.29, 1.82) is 0 Å². The summed E-state index contributed by atoms with van der Waals surface area (Å²) in [4.78, 5) is 24.8. The summed E-state index contributed by atoms with van der Waals surface area (Å²) in [5, 5.41) is 9.74. The number of rotatable bonds is 4. The van der Waals surface area contributed by atoms with Crippen LogP contribution in [0.5, 0.6) is 0 Å². The maximum atomic E-state index is 12.3. The van der Waals surface area contributed by atoms with E-state index in [1.807, 2.05) is 0 Å². The fraction of sp³-hybridized carbons (Fsp3) is 0.429. The molecule has 0 saturated carbocycles. The van der Waals surface area contributed by atoms with Crippen molar-refractivity contribution >= 4 is 23.5 Å². The van der Waals surface area contributed by atoms with Gasteiger partial charge in [-0.3, -0.25) is 4.79 Å². The lowest BCUT2D eigenvalue weighted by Crippen LogP contribution is -2.57. The highest BCUT2D eigenvalue weighted by atomic mass is 35.5. The summed E-state index contributed by atoms with van der Waals surface area (Å²) in [6.07, 6.45) is 0.333. The van der Waals surface area contributed by atoms with E-state index in [1.165, 1.54) is 4.90 Å². The Balaban J connectivity index is 2.03. The van der Waals surface area contributed by atoms with Crippen LogP contribution in [0.15, 0.2) is 24.3 Å². The van der Waals surface area contributed by atoms with Crippen LogP contribution in [0.25, 0.3) is 0 Å². The summed E-state index contributed by atoms with van der Waals surface area (Å²) in [6, 6.07) is 5.28. The molecule has 1 aliphatic rings. The van der Waals surface area contributed by atoms with E-state index in [4.69, 9.17) is 27.2 Å². The predicted octanol–water partition coefficient (Wildman–Crippen LogP) is 0.522. The third-order valence-electron chi connectivity index (χ3n) is 3.38. The Morgan fingerprint density at radius 2 is 2.10 bits per heavy atom. The fourth-order valence-electron chi connectivity index (χ4n) is 2.25. The lowest BCUT2D eigenvalue weighted by molar-refractivity contribution is -0.158. The monoisotopic (exact) mass is 312 g/mol. The number of hydrogen-bond acceptors (Lipinski definition) is 4. The largest absolute Gasteiger partial charge is 0.480 e. The SMILES string of the molecule is NC(Cc1ccc(Cl)cc1)C(=O)N1CCOC[C@H]1C(=O)O. The number of hydrogen-bond donors (Lipinski definition) is 2. The molecule has 0 bridgehead atoms. The van der Waals surface area contributed by atoms with Crippen molar-refractivity contribution < 1.29 is 19.4 Å². The molecule has 1 heterocycles. The first-order chi connectivity index (χ1) is 9.99. The van der Waals surface area contributed by atoms with Gasteiger partial charge < -0.3 is 20.5 Å². The lowest BCUT2D eigenvalue weighted by atomic mass is 10.0. The number of carboxylic acids is 1. The van der Waals surface area contributed by atoms with E-state index < -0.39 is 18.1 Å². The molecule has 7 heteroatoms. The minimum absolute atomic E-state index is 0.00522. The van der Waals surface area contributed by atoms with Gasteiger partial charge in [0.2, 0.25) is 5.91 Å². The van der Waals surface area contributed by atoms with Gasteiger partial charge >= 0.3 is 5.97 Å². The molecule has 0 aliphatic carbocycles. The normalized spacial score (nSPS) is 20.1. The average molecular weight is 313 g/mol. The van der Waals surface area contributed by atoms with E-state index in [2.05, 4.69) is 0 Å². The number of ether oxygens (including phenoxy) is 1. The molecular formula is C14H17ClN2O4. The Kier molecular flexibility index (Phi) is 5.17. The Morgan fingerprint density at radius 3 is 2.71 bits per heavy atom. The minimum Gasteiger partial charge on any atom is -0.480 e. The molecule has 1 saturated heterocycles. The van der Waals surface area contributed by atoms with Gasteiger partial charge in [0, 0.05) is 11.6 Å². The number of carbonyl (C=O) groups is 2. The van der Waals surface area contributed by atoms with Crippen LogP contribution in [-0.2, 0) is 20.7 Å². The first kappa shape index (κ1) is 15.8. The Hall–Kier alpha value is -1.63. The molecule has 0 spiro atoms. The van der Waals surface area contributed by atoms with Gasteiger partial charge in [0.1, 0.15) is 0 Å². The number of carbonyl (C=O) groups excluding carboxylic acids is 1. The van der Waals surface area contributed by atoms with Crippen molar-refractivity contribution in [1.82, 2.24) is 4.90 Å². The molecule has 1 unspecified atom stereocenters. The second kappa shape index (κ2) is 6.89. The molecule has 0 radical (unpaired) electrons. The van der Waals surface area contributed by atoms with Gasteiger partial charge in [-0.05, 0) is 24.1 Å². The molecule has 1 amide bonds. The number of carboxylic acid groups (broad SMARTS) is 1. The zero-order valence-electron chi connectivity index (χ0n) is 11.4. The number of benzene rings is 1. The van der Waals surface area contributed by atoms with Crippen molar-refractivity contribution in [2.75, 3.05) is 19.8 Å². The fourth-order valence-corrected chi connectivity index (χ4v) is 2.37. The maximum Gasteiger partial charge on any atom is 0.328 e. The zero-order valence-corrected chi connectivity index (χ0v) is 12.1. The predicted molar refractivity (Wildman–Crippen MR) is 77.1 cm³/mol. The number of nitrogens with zero attached hydrogens (tertiary/aromatic N) is 1. The molecule has 1 aromatic carbocycles. The molecule has 1 aliphatic heterocycles. The molecule has 2 rings (SSSR count). The van der Waals surface area contributed by atoms with Crippen LogP contribution in [0, 0.1) is 0 Å². The Labute approximate surface area is 127 Å². The quantitative estimate of drug-likeness (QED) is 0.845. The van der Waals surface area contributed by atoms with Crippen LogP contribution in [0.4, 0.5) is 0 Å². The van der Waals surface area contributed by atoms with Crippen LogP contribution in [0.2, 0.25) is 5.02 Å². The Bertz CT molecular complexity index is 520. The van der Waals surface area contributed by atoms with Crippen LogP contribution in [0.3, 0.4) is 0 Å². The van der Waals surface area contributed by atoms with Gasteiger partial charge in [0.25, 0.3) is 0 Å². The van der Waals surface area contributed by atoms with Crippen LogP contribution in [-0.4, -0.2) is 53.7 Å². The highest BCUT2D eigenvalue weighted by Gasteiger charge is 2.34. The third kappa shape index (κ3) is 3.93. The lowest BCUT2D eigenvalue weighted by Gasteiger charge is -2.34. The summed E-state index contributed by atoms with van der Waals surface area (Å²) >= 11 is 5.80. The molecular weight excluding hydrogens is 296 g/mol. The van der Waals surface area contributed by atoms with Gasteiger partial charge in [-0.25, -0.2) is 4.79 Å². The van der Waals surface area contributed by atoms with E-state index >= 15 is 0 Å². The van der Waals surface area contributed by atoms with Crippen molar-refractivity contribution in [3.05, 3.63) is 34.9 Å². The van der Waals surface area contributed by atoms with E-state index in [-0.39, 0.29) is 19.1 Å². The van der Waals surface area contributed by atoms with E-state index in [0.717, 1.165) is 5.56 Å². The third-order valence-corrected chi connectivity index (χ3v) is 3.63. The summed E-state index contributed by atoms with van der Waals surface area (Å²) < 4.78 is 5.10. The summed E-state index contributed by atoms with van der Waals surface area (Å²) in [6.45, 7) is 0.558. The highest BCUT2D eigenvalue weighted by molar-refractivity contribution is 6.30. The number of morpholine rings is 1. The van der Waals surface area contributed by atoms with Gasteiger partial charge in [-0.15, -0.1) is 0 Å². The number of aliphatic carboxylic acids is 1.